The molecule has 2 N–H and O–H groups in total. The molecule has 2 aromatic rings. The van der Waals surface area contributed by atoms with Crippen LogP contribution in [-0.4, -0.2) is 61.0 Å². The smallest absolute Gasteiger partial charge is 0.272 e. The van der Waals surface area contributed by atoms with Crippen molar-refractivity contribution >= 4 is 46.2 Å². The van der Waals surface area contributed by atoms with Crippen LogP contribution in [0.3, 0.4) is 0 Å². The van der Waals surface area contributed by atoms with Gasteiger partial charge in [-0.25, -0.2) is 4.99 Å². The molecule has 0 radical (unpaired) electrons. The fourth-order valence-electron chi connectivity index (χ4n) is 4.50. The number of halogens is 1. The molecule has 2 aliphatic heterocycles. The van der Waals surface area contributed by atoms with Gasteiger partial charge in [-0.2, -0.15) is 0 Å². The quantitative estimate of drug-likeness (QED) is 0.633. The van der Waals surface area contributed by atoms with E-state index in [9.17, 15) is 4.79 Å². The Bertz CT molecular complexity index is 1040. The van der Waals surface area contributed by atoms with Crippen LogP contribution in [0.5, 0.6) is 0 Å². The summed E-state index contributed by atoms with van der Waals surface area (Å²) in [6, 6.07) is 15.9. The molecule has 2 heterocycles. The first-order valence-corrected chi connectivity index (χ1v) is 12.2. The second-order valence-corrected chi connectivity index (χ2v) is 9.47. The van der Waals surface area contributed by atoms with Crippen LogP contribution < -0.4 is 15.5 Å². The zero-order valence-electron chi connectivity index (χ0n) is 19.1. The summed E-state index contributed by atoms with van der Waals surface area (Å²) in [6.45, 7) is 1.90. The summed E-state index contributed by atoms with van der Waals surface area (Å²) in [4.78, 5) is 22.2. The lowest BCUT2D eigenvalue weighted by Gasteiger charge is -2.32. The number of likely N-dealkylation sites (N-methyl/N-ethyl adjacent to an activating group) is 1. The highest BCUT2D eigenvalue weighted by molar-refractivity contribution is 7.80. The molecule has 0 saturated carbocycles. The van der Waals surface area contributed by atoms with Gasteiger partial charge < -0.3 is 20.4 Å². The summed E-state index contributed by atoms with van der Waals surface area (Å²) in [6.07, 6.45) is 3.94. The van der Waals surface area contributed by atoms with Gasteiger partial charge in [0.25, 0.3) is 5.91 Å². The lowest BCUT2D eigenvalue weighted by Crippen LogP contribution is -2.50. The van der Waals surface area contributed by atoms with Gasteiger partial charge in [-0.1, -0.05) is 48.4 Å². The molecular weight excluding hydrogens is 454 g/mol. The molecule has 1 amide bonds. The molecule has 0 aliphatic carbocycles. The fraction of sp³-hybridized carbons (Fsp3) is 0.400. The van der Waals surface area contributed by atoms with Crippen molar-refractivity contribution in [3.8, 4) is 0 Å². The minimum atomic E-state index is -0.839. The van der Waals surface area contributed by atoms with E-state index in [0.717, 1.165) is 36.3 Å². The van der Waals surface area contributed by atoms with Crippen LogP contribution >= 0.6 is 23.8 Å². The molecule has 0 aromatic heterocycles. The number of piperidine rings is 1. The van der Waals surface area contributed by atoms with Gasteiger partial charge in [-0.15, -0.1) is 0 Å². The Balaban J connectivity index is 1.53. The fourth-order valence-corrected chi connectivity index (χ4v) is 4.89. The first kappa shape index (κ1) is 23.7. The Morgan fingerprint density at radius 1 is 1.18 bits per heavy atom. The van der Waals surface area contributed by atoms with E-state index in [4.69, 9.17) is 28.8 Å². The Labute approximate surface area is 206 Å². The standard InChI is InChI=1S/C25H30ClN5OS/c1-30-15-7-6-10-19(30)13-14-27-25(33)29-23-24(32)31(2)21-12-11-18(26)16-20(21)22(28-23)17-8-4-3-5-9-17/h3-5,8-9,11-12,16,19,23H,6-7,10,13-15H2,1-2H3,(H2,27,29,33). The molecule has 0 spiro atoms. The minimum Gasteiger partial charge on any atom is -0.363 e. The van der Waals surface area contributed by atoms with Crippen LogP contribution in [-0.2, 0) is 4.79 Å². The van der Waals surface area contributed by atoms with Crippen molar-refractivity contribution in [3.63, 3.8) is 0 Å². The van der Waals surface area contributed by atoms with Crippen LogP contribution in [0.4, 0.5) is 5.69 Å². The van der Waals surface area contributed by atoms with E-state index in [1.807, 2.05) is 42.5 Å². The van der Waals surface area contributed by atoms with E-state index in [-0.39, 0.29) is 5.91 Å². The summed E-state index contributed by atoms with van der Waals surface area (Å²) in [5.74, 6) is -0.180. The summed E-state index contributed by atoms with van der Waals surface area (Å²) >= 11 is 11.8. The zero-order chi connectivity index (χ0) is 23.4. The second kappa shape index (κ2) is 10.6. The molecule has 0 bridgehead atoms. The highest BCUT2D eigenvalue weighted by Crippen LogP contribution is 2.29. The maximum absolute atomic E-state index is 13.3. The van der Waals surface area contributed by atoms with E-state index in [2.05, 4.69) is 22.6 Å². The molecule has 2 unspecified atom stereocenters. The number of aliphatic imine (C=N–C) groups is 1. The van der Waals surface area contributed by atoms with Crippen LogP contribution in [0.2, 0.25) is 5.02 Å². The van der Waals surface area contributed by atoms with Gasteiger partial charge in [0.2, 0.25) is 6.17 Å². The van der Waals surface area contributed by atoms with Crippen molar-refractivity contribution < 1.29 is 4.79 Å². The number of amides is 1. The van der Waals surface area contributed by atoms with E-state index in [1.165, 1.54) is 19.3 Å². The molecule has 8 heteroatoms. The molecule has 2 aromatic carbocycles. The van der Waals surface area contributed by atoms with Crippen molar-refractivity contribution in [2.24, 2.45) is 4.99 Å². The Hall–Kier alpha value is -2.48. The van der Waals surface area contributed by atoms with Crippen LogP contribution in [0.15, 0.2) is 53.5 Å². The number of nitrogens with zero attached hydrogens (tertiary/aromatic N) is 3. The average Bonchev–Trinajstić information content (AvgIpc) is 2.91. The number of nitrogens with one attached hydrogen (secondary N) is 2. The number of anilines is 1. The highest BCUT2D eigenvalue weighted by atomic mass is 35.5. The van der Waals surface area contributed by atoms with Crippen LogP contribution in [0.1, 0.15) is 36.8 Å². The molecule has 174 valence electrons. The topological polar surface area (TPSA) is 60.0 Å². The third-order valence-corrected chi connectivity index (χ3v) is 6.89. The minimum absolute atomic E-state index is 0.180. The Kier molecular flexibility index (Phi) is 7.63. The van der Waals surface area contributed by atoms with Crippen molar-refractivity contribution in [2.75, 3.05) is 32.1 Å². The van der Waals surface area contributed by atoms with Gasteiger partial charge in [0.1, 0.15) is 0 Å². The predicted octanol–water partition coefficient (Wildman–Crippen LogP) is 3.82. The number of benzodiazepines with no additional fused rings is 1. The number of fused-ring (bicyclic) bond motifs is 1. The number of thiocarbonyl (C=S) groups is 1. The molecule has 33 heavy (non-hydrogen) atoms. The number of benzene rings is 2. The molecule has 6 nitrogen and oxygen atoms in total. The lowest BCUT2D eigenvalue weighted by molar-refractivity contribution is -0.119. The summed E-state index contributed by atoms with van der Waals surface area (Å²) in [5, 5.41) is 7.43. The normalized spacial score (nSPS) is 21.1. The number of carbonyl (C=O) groups is 1. The van der Waals surface area contributed by atoms with E-state index in [1.54, 1.807) is 18.0 Å². The Morgan fingerprint density at radius 2 is 1.97 bits per heavy atom. The molecule has 2 aliphatic rings. The number of likely N-dealkylation sites (tertiary alicyclic amines) is 1. The maximum Gasteiger partial charge on any atom is 0.272 e. The van der Waals surface area contributed by atoms with E-state index in [0.29, 0.717) is 21.9 Å². The van der Waals surface area contributed by atoms with Gasteiger partial charge in [0.05, 0.1) is 11.4 Å². The SMILES string of the molecule is CN1C(=O)C(NC(=S)NCCC2CCCCN2C)N=C(c2ccccc2)c2cc(Cl)ccc21. The zero-order valence-corrected chi connectivity index (χ0v) is 20.6. The third kappa shape index (κ3) is 5.54. The van der Waals surface area contributed by atoms with Gasteiger partial charge in [0.15, 0.2) is 5.11 Å². The van der Waals surface area contributed by atoms with Gasteiger partial charge in [-0.05, 0) is 63.3 Å². The summed E-state index contributed by atoms with van der Waals surface area (Å²) < 4.78 is 0. The van der Waals surface area contributed by atoms with Crippen LogP contribution in [0, 0.1) is 0 Å². The molecule has 1 fully saturated rings. The number of hydrogen-bond donors (Lipinski definition) is 2. The van der Waals surface area contributed by atoms with Crippen molar-refractivity contribution in [2.45, 2.75) is 37.9 Å². The number of hydrogen-bond acceptors (Lipinski definition) is 4. The van der Waals surface area contributed by atoms with E-state index < -0.39 is 6.17 Å². The second-order valence-electron chi connectivity index (χ2n) is 8.62. The van der Waals surface area contributed by atoms with Crippen molar-refractivity contribution in [3.05, 3.63) is 64.7 Å². The Morgan fingerprint density at radius 3 is 2.73 bits per heavy atom. The van der Waals surface area contributed by atoms with Gasteiger partial charge in [-0.3, -0.25) is 4.79 Å². The maximum atomic E-state index is 13.3. The lowest BCUT2D eigenvalue weighted by atomic mass is 10.0. The van der Waals surface area contributed by atoms with E-state index >= 15 is 0 Å². The predicted molar refractivity (Wildman–Crippen MR) is 139 cm³/mol. The average molecular weight is 484 g/mol. The first-order valence-electron chi connectivity index (χ1n) is 11.4. The summed E-state index contributed by atoms with van der Waals surface area (Å²) in [7, 11) is 3.94. The van der Waals surface area contributed by atoms with Crippen molar-refractivity contribution in [1.29, 1.82) is 0 Å². The monoisotopic (exact) mass is 483 g/mol. The molecule has 2 atom stereocenters. The first-order chi connectivity index (χ1) is 15.9. The third-order valence-electron chi connectivity index (χ3n) is 6.40. The molecule has 4 rings (SSSR count). The summed E-state index contributed by atoms with van der Waals surface area (Å²) in [5.41, 5.74) is 3.19. The molecular formula is C25H30ClN5OS. The molecule has 1 saturated heterocycles. The van der Waals surface area contributed by atoms with Gasteiger partial charge in [0, 0.05) is 35.8 Å². The van der Waals surface area contributed by atoms with Gasteiger partial charge >= 0.3 is 0 Å². The largest absolute Gasteiger partial charge is 0.363 e. The number of rotatable bonds is 5. The number of carbonyl (C=O) groups excluding carboxylic acids is 1. The highest BCUT2D eigenvalue weighted by Gasteiger charge is 2.30. The van der Waals surface area contributed by atoms with Crippen molar-refractivity contribution in [1.82, 2.24) is 15.5 Å². The van der Waals surface area contributed by atoms with Crippen LogP contribution in [0.25, 0.3) is 0 Å².